The molecular weight excluding hydrogens is 194 g/mol. The highest BCUT2D eigenvalue weighted by atomic mass is 32.1. The zero-order valence-corrected chi connectivity index (χ0v) is 10.2. The Morgan fingerprint density at radius 3 is 2.64 bits per heavy atom. The molecule has 1 aromatic heterocycles. The van der Waals surface area contributed by atoms with Crippen LogP contribution in [-0.2, 0) is 6.54 Å². The fourth-order valence-corrected chi connectivity index (χ4v) is 1.56. The molecule has 0 saturated heterocycles. The van der Waals surface area contributed by atoms with Crippen LogP contribution >= 0.6 is 12.2 Å². The molecule has 1 heterocycles. The van der Waals surface area contributed by atoms with Crippen LogP contribution in [0.25, 0.3) is 0 Å². The number of aromatic nitrogens is 2. The Morgan fingerprint density at radius 1 is 1.57 bits per heavy atom. The largest absolute Gasteiger partial charge is 0.335 e. The van der Waals surface area contributed by atoms with E-state index in [0.717, 1.165) is 23.6 Å². The molecule has 0 bridgehead atoms. The molecule has 80 valence electrons. The molecule has 0 aliphatic carbocycles. The van der Waals surface area contributed by atoms with E-state index in [9.17, 15) is 0 Å². The van der Waals surface area contributed by atoms with E-state index in [2.05, 4.69) is 41.5 Å². The molecule has 0 atom stereocenters. The normalized spacial score (nSPS) is 11.6. The second-order valence-electron chi connectivity index (χ2n) is 4.01. The number of rotatable bonds is 4. The molecule has 0 radical (unpaired) electrons. The van der Waals surface area contributed by atoms with E-state index < -0.39 is 0 Å². The van der Waals surface area contributed by atoms with Gasteiger partial charge in [0.05, 0.1) is 0 Å². The first kappa shape index (κ1) is 11.5. The minimum absolute atomic E-state index is 0.587. The predicted molar refractivity (Wildman–Crippen MR) is 62.1 cm³/mol. The summed E-state index contributed by atoms with van der Waals surface area (Å²) in [4.78, 5) is 5.43. The number of H-pyrrole nitrogens is 1. The summed E-state index contributed by atoms with van der Waals surface area (Å²) in [5, 5.41) is 0. The van der Waals surface area contributed by atoms with Gasteiger partial charge in [0.1, 0.15) is 0 Å². The third kappa shape index (κ3) is 2.96. The molecule has 0 spiro atoms. The average molecular weight is 213 g/mol. The standard InChI is InChI=1S/C10H19N3S/c1-8(2)12(4)5-6-13-7-9(3)11-10(13)14/h7-8H,5-6H2,1-4H3,(H,11,14). The van der Waals surface area contributed by atoms with Crippen molar-refractivity contribution in [3.63, 3.8) is 0 Å². The van der Waals surface area contributed by atoms with Gasteiger partial charge in [-0.05, 0) is 40.0 Å². The van der Waals surface area contributed by atoms with Crippen LogP contribution in [0, 0.1) is 11.7 Å². The number of aromatic amines is 1. The van der Waals surface area contributed by atoms with E-state index in [-0.39, 0.29) is 0 Å². The molecule has 0 amide bonds. The fraction of sp³-hybridized carbons (Fsp3) is 0.700. The number of hydrogen-bond acceptors (Lipinski definition) is 2. The molecule has 4 heteroatoms. The number of nitrogens with zero attached hydrogens (tertiary/aromatic N) is 2. The van der Waals surface area contributed by atoms with Gasteiger partial charge in [-0.25, -0.2) is 0 Å². The van der Waals surface area contributed by atoms with Crippen molar-refractivity contribution in [3.05, 3.63) is 16.7 Å². The second kappa shape index (κ2) is 4.75. The van der Waals surface area contributed by atoms with Crippen LogP contribution in [0.1, 0.15) is 19.5 Å². The number of nitrogens with one attached hydrogen (secondary N) is 1. The van der Waals surface area contributed by atoms with E-state index in [0.29, 0.717) is 6.04 Å². The van der Waals surface area contributed by atoms with Crippen molar-refractivity contribution in [3.8, 4) is 0 Å². The Bertz CT molecular complexity index is 337. The summed E-state index contributed by atoms with van der Waals surface area (Å²) in [7, 11) is 2.13. The van der Waals surface area contributed by atoms with Gasteiger partial charge >= 0.3 is 0 Å². The van der Waals surface area contributed by atoms with Gasteiger partial charge in [-0.2, -0.15) is 0 Å². The number of hydrogen-bond donors (Lipinski definition) is 1. The van der Waals surface area contributed by atoms with Gasteiger partial charge in [0.15, 0.2) is 4.77 Å². The Hall–Kier alpha value is -0.610. The first-order chi connectivity index (χ1) is 6.50. The van der Waals surface area contributed by atoms with Crippen molar-refractivity contribution in [2.24, 2.45) is 0 Å². The zero-order chi connectivity index (χ0) is 10.7. The molecule has 1 aromatic rings. The van der Waals surface area contributed by atoms with Gasteiger partial charge < -0.3 is 14.5 Å². The first-order valence-corrected chi connectivity index (χ1v) is 5.38. The maximum Gasteiger partial charge on any atom is 0.177 e. The van der Waals surface area contributed by atoms with Crippen molar-refractivity contribution in [2.75, 3.05) is 13.6 Å². The van der Waals surface area contributed by atoms with Crippen LogP contribution < -0.4 is 0 Å². The van der Waals surface area contributed by atoms with Crippen molar-refractivity contribution in [2.45, 2.75) is 33.4 Å². The van der Waals surface area contributed by atoms with Gasteiger partial charge in [-0.3, -0.25) is 0 Å². The highest BCUT2D eigenvalue weighted by Gasteiger charge is 2.03. The van der Waals surface area contributed by atoms with Crippen molar-refractivity contribution in [1.82, 2.24) is 14.5 Å². The van der Waals surface area contributed by atoms with Crippen molar-refractivity contribution < 1.29 is 0 Å². The third-order valence-corrected chi connectivity index (χ3v) is 2.83. The Kier molecular flexibility index (Phi) is 3.89. The molecule has 0 aliphatic rings. The molecule has 1 N–H and O–H groups in total. The third-order valence-electron chi connectivity index (χ3n) is 2.49. The monoisotopic (exact) mass is 213 g/mol. The molecule has 0 fully saturated rings. The summed E-state index contributed by atoms with van der Waals surface area (Å²) in [6.07, 6.45) is 2.07. The lowest BCUT2D eigenvalue weighted by molar-refractivity contribution is 0.262. The predicted octanol–water partition coefficient (Wildman–Crippen LogP) is 2.19. The fourth-order valence-electron chi connectivity index (χ4n) is 1.25. The van der Waals surface area contributed by atoms with Gasteiger partial charge in [-0.15, -0.1) is 0 Å². The topological polar surface area (TPSA) is 24.0 Å². The van der Waals surface area contributed by atoms with Crippen LogP contribution in [0.4, 0.5) is 0 Å². The van der Waals surface area contributed by atoms with E-state index in [1.807, 2.05) is 6.92 Å². The summed E-state index contributed by atoms with van der Waals surface area (Å²) in [6.45, 7) is 8.41. The average Bonchev–Trinajstić information content (AvgIpc) is 2.40. The highest BCUT2D eigenvalue weighted by molar-refractivity contribution is 7.71. The SMILES string of the molecule is Cc1cn(CCN(C)C(C)C)c(=S)[nH]1. The van der Waals surface area contributed by atoms with Gasteiger partial charge in [0.2, 0.25) is 0 Å². The Labute approximate surface area is 90.7 Å². The van der Waals surface area contributed by atoms with Crippen molar-refractivity contribution >= 4 is 12.2 Å². The van der Waals surface area contributed by atoms with E-state index >= 15 is 0 Å². The van der Waals surface area contributed by atoms with Gasteiger partial charge in [0, 0.05) is 31.0 Å². The zero-order valence-electron chi connectivity index (χ0n) is 9.37. The smallest absolute Gasteiger partial charge is 0.177 e. The lowest BCUT2D eigenvalue weighted by Crippen LogP contribution is -2.29. The summed E-state index contributed by atoms with van der Waals surface area (Å²) in [5.41, 5.74) is 1.13. The summed E-state index contributed by atoms with van der Waals surface area (Å²) < 4.78 is 2.91. The highest BCUT2D eigenvalue weighted by Crippen LogP contribution is 1.99. The van der Waals surface area contributed by atoms with E-state index in [1.54, 1.807) is 0 Å². The summed E-state index contributed by atoms with van der Waals surface area (Å²) >= 11 is 5.18. The molecule has 1 rings (SSSR count). The van der Waals surface area contributed by atoms with Crippen LogP contribution in [0.2, 0.25) is 0 Å². The molecule has 3 nitrogen and oxygen atoms in total. The second-order valence-corrected chi connectivity index (χ2v) is 4.40. The summed E-state index contributed by atoms with van der Waals surface area (Å²) in [5.74, 6) is 0. The summed E-state index contributed by atoms with van der Waals surface area (Å²) in [6, 6.07) is 0.587. The van der Waals surface area contributed by atoms with Crippen LogP contribution in [-0.4, -0.2) is 34.1 Å². The molecule has 14 heavy (non-hydrogen) atoms. The Balaban J connectivity index is 2.54. The molecule has 0 aliphatic heterocycles. The van der Waals surface area contributed by atoms with Gasteiger partial charge in [0.25, 0.3) is 0 Å². The molecular formula is C10H19N3S. The minimum Gasteiger partial charge on any atom is -0.335 e. The maximum atomic E-state index is 5.18. The maximum absolute atomic E-state index is 5.18. The minimum atomic E-state index is 0.587. The van der Waals surface area contributed by atoms with Gasteiger partial charge in [-0.1, -0.05) is 0 Å². The molecule has 0 saturated carbocycles. The number of likely N-dealkylation sites (N-methyl/N-ethyl adjacent to an activating group) is 1. The number of imidazole rings is 1. The van der Waals surface area contributed by atoms with Crippen molar-refractivity contribution in [1.29, 1.82) is 0 Å². The first-order valence-electron chi connectivity index (χ1n) is 4.97. The lowest BCUT2D eigenvalue weighted by Gasteiger charge is -2.20. The molecule has 0 aromatic carbocycles. The van der Waals surface area contributed by atoms with Crippen LogP contribution in [0.5, 0.6) is 0 Å². The lowest BCUT2D eigenvalue weighted by atomic mass is 10.3. The quantitative estimate of drug-likeness (QED) is 0.775. The Morgan fingerprint density at radius 2 is 2.21 bits per heavy atom. The van der Waals surface area contributed by atoms with Crippen LogP contribution in [0.15, 0.2) is 6.20 Å². The van der Waals surface area contributed by atoms with E-state index in [4.69, 9.17) is 12.2 Å². The number of aryl methyl sites for hydroxylation is 1. The van der Waals surface area contributed by atoms with E-state index in [1.165, 1.54) is 0 Å². The van der Waals surface area contributed by atoms with Crippen LogP contribution in [0.3, 0.4) is 0 Å². The molecule has 0 unspecified atom stereocenters.